The summed E-state index contributed by atoms with van der Waals surface area (Å²) < 4.78 is 18.8. The van der Waals surface area contributed by atoms with Crippen molar-refractivity contribution >= 4 is 16.8 Å². The number of carbonyl (C=O) groups excluding carboxylic acids is 1. The first-order valence-corrected chi connectivity index (χ1v) is 9.34. The largest absolute Gasteiger partial charge is 0.379 e. The smallest absolute Gasteiger partial charge is 0.255 e. The molecule has 1 aromatic carbocycles. The lowest BCUT2D eigenvalue weighted by Gasteiger charge is -2.36. The van der Waals surface area contributed by atoms with E-state index in [2.05, 4.69) is 9.88 Å². The molecule has 0 N–H and O–H groups in total. The number of pyridine rings is 1. The number of likely N-dealkylation sites (tertiary alicyclic amines) is 1. The number of carbonyl (C=O) groups is 1. The topological polar surface area (TPSA) is 45.7 Å². The lowest BCUT2D eigenvalue weighted by molar-refractivity contribution is 0.0243. The summed E-state index contributed by atoms with van der Waals surface area (Å²) in [5.41, 5.74) is 1.24. The van der Waals surface area contributed by atoms with Crippen molar-refractivity contribution in [3.63, 3.8) is 0 Å². The minimum Gasteiger partial charge on any atom is -0.379 e. The Morgan fingerprint density at radius 3 is 2.69 bits per heavy atom. The molecule has 26 heavy (non-hydrogen) atoms. The standard InChI is InChI=1S/C20H24FN3O2/c21-18-1-2-19-16(12-18)11-17(13-22-19)20(25)24-5-3-15(4-6-24)14-23-7-9-26-10-8-23/h1-2,11-13,15H,3-10,14H2. The van der Waals surface area contributed by atoms with Gasteiger partial charge in [0.05, 0.1) is 24.3 Å². The van der Waals surface area contributed by atoms with Gasteiger partial charge in [0.2, 0.25) is 0 Å². The zero-order chi connectivity index (χ0) is 17.9. The van der Waals surface area contributed by atoms with Gasteiger partial charge in [0, 0.05) is 44.3 Å². The van der Waals surface area contributed by atoms with Crippen molar-refractivity contribution in [3.8, 4) is 0 Å². The molecule has 2 aromatic rings. The zero-order valence-electron chi connectivity index (χ0n) is 14.9. The number of benzene rings is 1. The van der Waals surface area contributed by atoms with Crippen LogP contribution in [0.2, 0.25) is 0 Å². The van der Waals surface area contributed by atoms with E-state index in [0.29, 0.717) is 22.4 Å². The van der Waals surface area contributed by atoms with Crippen LogP contribution in [0.15, 0.2) is 30.5 Å². The lowest BCUT2D eigenvalue weighted by atomic mass is 9.95. The molecule has 1 aromatic heterocycles. The maximum Gasteiger partial charge on any atom is 0.255 e. The second-order valence-electron chi connectivity index (χ2n) is 7.21. The Morgan fingerprint density at radius 2 is 1.92 bits per heavy atom. The van der Waals surface area contributed by atoms with Crippen LogP contribution < -0.4 is 0 Å². The Bertz CT molecular complexity index is 784. The molecule has 0 spiro atoms. The number of nitrogens with zero attached hydrogens (tertiary/aromatic N) is 3. The second-order valence-corrected chi connectivity index (χ2v) is 7.21. The number of aromatic nitrogens is 1. The molecule has 1 amide bonds. The molecule has 2 fully saturated rings. The summed E-state index contributed by atoms with van der Waals surface area (Å²) in [5.74, 6) is 0.322. The van der Waals surface area contributed by atoms with E-state index in [-0.39, 0.29) is 11.7 Å². The summed E-state index contributed by atoms with van der Waals surface area (Å²) in [7, 11) is 0. The average Bonchev–Trinajstić information content (AvgIpc) is 2.68. The maximum atomic E-state index is 13.4. The molecule has 0 atom stereocenters. The van der Waals surface area contributed by atoms with Crippen molar-refractivity contribution < 1.29 is 13.9 Å². The molecule has 2 saturated heterocycles. The Kier molecular flexibility index (Phi) is 5.13. The Hall–Kier alpha value is -2.05. The van der Waals surface area contributed by atoms with Crippen molar-refractivity contribution in [2.24, 2.45) is 5.92 Å². The SMILES string of the molecule is O=C(c1cnc2ccc(F)cc2c1)N1CCC(CN2CCOCC2)CC1. The van der Waals surface area contributed by atoms with Gasteiger partial charge in [-0.25, -0.2) is 4.39 Å². The van der Waals surface area contributed by atoms with Crippen molar-refractivity contribution in [3.05, 3.63) is 41.8 Å². The Balaban J connectivity index is 1.37. The van der Waals surface area contributed by atoms with Crippen LogP contribution >= 0.6 is 0 Å². The van der Waals surface area contributed by atoms with Crippen LogP contribution in [0, 0.1) is 11.7 Å². The van der Waals surface area contributed by atoms with E-state index in [0.717, 1.165) is 58.8 Å². The molecule has 5 nitrogen and oxygen atoms in total. The highest BCUT2D eigenvalue weighted by Crippen LogP contribution is 2.22. The fourth-order valence-electron chi connectivity index (χ4n) is 3.87. The number of hydrogen-bond acceptors (Lipinski definition) is 4. The van der Waals surface area contributed by atoms with Gasteiger partial charge in [-0.05, 0) is 43.0 Å². The van der Waals surface area contributed by atoms with E-state index < -0.39 is 0 Å². The summed E-state index contributed by atoms with van der Waals surface area (Å²) in [6, 6.07) is 6.19. The molecule has 0 bridgehead atoms. The fraction of sp³-hybridized carbons (Fsp3) is 0.500. The van der Waals surface area contributed by atoms with Gasteiger partial charge in [0.25, 0.3) is 5.91 Å². The highest BCUT2D eigenvalue weighted by molar-refractivity contribution is 5.97. The monoisotopic (exact) mass is 357 g/mol. The van der Waals surface area contributed by atoms with Crippen LogP contribution in [0.5, 0.6) is 0 Å². The van der Waals surface area contributed by atoms with Gasteiger partial charge in [-0.3, -0.25) is 14.7 Å². The van der Waals surface area contributed by atoms with E-state index in [1.165, 1.54) is 12.1 Å². The lowest BCUT2D eigenvalue weighted by Crippen LogP contribution is -2.44. The Morgan fingerprint density at radius 1 is 1.15 bits per heavy atom. The molecule has 0 aliphatic carbocycles. The van der Waals surface area contributed by atoms with Crippen LogP contribution in [0.25, 0.3) is 10.9 Å². The van der Waals surface area contributed by atoms with Gasteiger partial charge in [-0.1, -0.05) is 0 Å². The maximum absolute atomic E-state index is 13.4. The summed E-state index contributed by atoms with van der Waals surface area (Å²) in [5, 5.41) is 0.665. The first-order valence-electron chi connectivity index (χ1n) is 9.34. The number of halogens is 1. The second kappa shape index (κ2) is 7.68. The normalized spacial score (nSPS) is 19.8. The summed E-state index contributed by atoms with van der Waals surface area (Å²) in [6.07, 6.45) is 3.65. The molecule has 4 rings (SSSR count). The summed E-state index contributed by atoms with van der Waals surface area (Å²) in [6.45, 7) is 6.32. The minimum absolute atomic E-state index is 0.00603. The predicted octanol–water partition coefficient (Wildman–Crippen LogP) is 2.56. The third-order valence-corrected chi connectivity index (χ3v) is 5.41. The van der Waals surface area contributed by atoms with Gasteiger partial charge >= 0.3 is 0 Å². The molecule has 138 valence electrons. The van der Waals surface area contributed by atoms with Crippen molar-refractivity contribution in [2.45, 2.75) is 12.8 Å². The van der Waals surface area contributed by atoms with E-state index in [1.54, 1.807) is 18.3 Å². The molecular formula is C20H24FN3O2. The van der Waals surface area contributed by atoms with Crippen LogP contribution in [0.3, 0.4) is 0 Å². The number of rotatable bonds is 3. The molecule has 0 radical (unpaired) electrons. The van der Waals surface area contributed by atoms with Crippen LogP contribution in [0.1, 0.15) is 23.2 Å². The third-order valence-electron chi connectivity index (χ3n) is 5.41. The van der Waals surface area contributed by atoms with Crippen molar-refractivity contribution in [2.75, 3.05) is 45.9 Å². The van der Waals surface area contributed by atoms with Gasteiger partial charge < -0.3 is 9.64 Å². The van der Waals surface area contributed by atoms with Crippen LogP contribution in [-0.2, 0) is 4.74 Å². The van der Waals surface area contributed by atoms with Crippen LogP contribution in [-0.4, -0.2) is 66.6 Å². The quantitative estimate of drug-likeness (QED) is 0.847. The number of hydrogen-bond donors (Lipinski definition) is 0. The molecular weight excluding hydrogens is 333 g/mol. The number of piperidine rings is 1. The number of morpholine rings is 1. The van der Waals surface area contributed by atoms with Crippen LogP contribution in [0.4, 0.5) is 4.39 Å². The molecule has 6 heteroatoms. The molecule has 0 saturated carbocycles. The number of ether oxygens (including phenoxy) is 1. The van der Waals surface area contributed by atoms with Crippen molar-refractivity contribution in [1.29, 1.82) is 0 Å². The Labute approximate surface area is 152 Å². The molecule has 2 aliphatic rings. The number of fused-ring (bicyclic) bond motifs is 1. The highest BCUT2D eigenvalue weighted by Gasteiger charge is 2.25. The minimum atomic E-state index is -0.312. The van der Waals surface area contributed by atoms with E-state index in [9.17, 15) is 9.18 Å². The van der Waals surface area contributed by atoms with E-state index >= 15 is 0 Å². The fourth-order valence-corrected chi connectivity index (χ4v) is 3.87. The van der Waals surface area contributed by atoms with E-state index in [4.69, 9.17) is 4.74 Å². The van der Waals surface area contributed by atoms with Gasteiger partial charge in [-0.2, -0.15) is 0 Å². The van der Waals surface area contributed by atoms with Gasteiger partial charge in [0.1, 0.15) is 5.82 Å². The third kappa shape index (κ3) is 3.86. The summed E-state index contributed by atoms with van der Waals surface area (Å²) in [4.78, 5) is 21.5. The first-order chi connectivity index (χ1) is 12.7. The predicted molar refractivity (Wildman–Crippen MR) is 97.6 cm³/mol. The summed E-state index contributed by atoms with van der Waals surface area (Å²) >= 11 is 0. The van der Waals surface area contributed by atoms with Gasteiger partial charge in [-0.15, -0.1) is 0 Å². The number of amides is 1. The molecule has 3 heterocycles. The molecule has 0 unspecified atom stereocenters. The van der Waals surface area contributed by atoms with Gasteiger partial charge in [0.15, 0.2) is 0 Å². The van der Waals surface area contributed by atoms with Crippen molar-refractivity contribution in [1.82, 2.24) is 14.8 Å². The van der Waals surface area contributed by atoms with E-state index in [1.807, 2.05) is 4.90 Å². The highest BCUT2D eigenvalue weighted by atomic mass is 19.1. The first kappa shape index (κ1) is 17.4. The molecule has 2 aliphatic heterocycles. The average molecular weight is 357 g/mol. The zero-order valence-corrected chi connectivity index (χ0v) is 14.9.